The molecule has 1 aromatic rings. The van der Waals surface area contributed by atoms with Gasteiger partial charge in [-0.05, 0) is 37.6 Å². The Hall–Kier alpha value is -1.20. The third-order valence-corrected chi connectivity index (χ3v) is 2.56. The number of halogens is 2. The second-order valence-corrected chi connectivity index (χ2v) is 3.97. The van der Waals surface area contributed by atoms with Crippen LogP contribution in [0.25, 0.3) is 0 Å². The molecular formula is C13H19F2NO2. The van der Waals surface area contributed by atoms with Crippen LogP contribution in [0.1, 0.15) is 24.9 Å². The Labute approximate surface area is 106 Å². The summed E-state index contributed by atoms with van der Waals surface area (Å²) in [4.78, 5) is 0. The van der Waals surface area contributed by atoms with Gasteiger partial charge < -0.3 is 14.8 Å². The molecule has 102 valence electrons. The summed E-state index contributed by atoms with van der Waals surface area (Å²) in [6.45, 7) is 0.711. The van der Waals surface area contributed by atoms with Crippen molar-refractivity contribution in [2.24, 2.45) is 0 Å². The number of rotatable bonds is 8. The van der Waals surface area contributed by atoms with E-state index >= 15 is 0 Å². The molecule has 0 bridgehead atoms. The molecule has 0 amide bonds. The van der Waals surface area contributed by atoms with Gasteiger partial charge in [-0.1, -0.05) is 12.1 Å². The van der Waals surface area contributed by atoms with Gasteiger partial charge in [0.2, 0.25) is 0 Å². The molecule has 1 atom stereocenters. The lowest BCUT2D eigenvalue weighted by Gasteiger charge is -2.15. The van der Waals surface area contributed by atoms with Gasteiger partial charge in [-0.2, -0.15) is 8.78 Å². The Morgan fingerprint density at radius 1 is 1.33 bits per heavy atom. The van der Waals surface area contributed by atoms with Crippen LogP contribution in [0.4, 0.5) is 8.78 Å². The number of nitrogens with one attached hydrogen (secondary N) is 1. The molecule has 0 aliphatic rings. The molecule has 18 heavy (non-hydrogen) atoms. The van der Waals surface area contributed by atoms with Crippen LogP contribution in [0.3, 0.4) is 0 Å². The van der Waals surface area contributed by atoms with Crippen molar-refractivity contribution in [3.05, 3.63) is 29.8 Å². The van der Waals surface area contributed by atoms with E-state index in [0.717, 1.165) is 18.5 Å². The van der Waals surface area contributed by atoms with Crippen LogP contribution in [0.2, 0.25) is 0 Å². The minimum Gasteiger partial charge on any atom is -0.435 e. The topological polar surface area (TPSA) is 30.5 Å². The summed E-state index contributed by atoms with van der Waals surface area (Å²) in [5.41, 5.74) is 0.922. The third-order valence-electron chi connectivity index (χ3n) is 2.56. The van der Waals surface area contributed by atoms with Gasteiger partial charge in [-0.3, -0.25) is 0 Å². The maximum Gasteiger partial charge on any atom is 0.387 e. The van der Waals surface area contributed by atoms with Crippen molar-refractivity contribution in [1.82, 2.24) is 5.32 Å². The Bertz CT molecular complexity index is 348. The highest BCUT2D eigenvalue weighted by atomic mass is 19.3. The molecule has 0 saturated carbocycles. The minimum absolute atomic E-state index is 0.0862. The fourth-order valence-corrected chi connectivity index (χ4v) is 1.61. The van der Waals surface area contributed by atoms with Crippen molar-refractivity contribution in [1.29, 1.82) is 0 Å². The Kier molecular flexibility index (Phi) is 6.60. The standard InChI is InChI=1S/C13H19F2NO2/c1-10(16-7-4-8-17-2)11-5-3-6-12(9-11)18-13(14)15/h3,5-6,9-10,13,16H,4,7-8H2,1-2H3. The molecule has 0 aliphatic carbocycles. The molecule has 5 heteroatoms. The van der Waals surface area contributed by atoms with Gasteiger partial charge in [-0.15, -0.1) is 0 Å². The first-order valence-corrected chi connectivity index (χ1v) is 5.90. The zero-order chi connectivity index (χ0) is 13.4. The van der Waals surface area contributed by atoms with E-state index in [0.29, 0.717) is 6.61 Å². The number of alkyl halides is 2. The Morgan fingerprint density at radius 2 is 2.11 bits per heavy atom. The quantitative estimate of drug-likeness (QED) is 0.728. The highest BCUT2D eigenvalue weighted by Crippen LogP contribution is 2.20. The van der Waals surface area contributed by atoms with Crippen molar-refractivity contribution < 1.29 is 18.3 Å². The number of methoxy groups -OCH3 is 1. The summed E-state index contributed by atoms with van der Waals surface area (Å²) >= 11 is 0. The van der Waals surface area contributed by atoms with Crippen LogP contribution in [-0.4, -0.2) is 26.9 Å². The highest BCUT2D eigenvalue weighted by molar-refractivity contribution is 5.30. The monoisotopic (exact) mass is 259 g/mol. The first kappa shape index (κ1) is 14.9. The molecule has 0 heterocycles. The fourth-order valence-electron chi connectivity index (χ4n) is 1.61. The normalized spacial score (nSPS) is 12.7. The van der Waals surface area contributed by atoms with E-state index in [9.17, 15) is 8.78 Å². The van der Waals surface area contributed by atoms with Crippen molar-refractivity contribution in [3.8, 4) is 5.75 Å². The molecule has 1 rings (SSSR count). The predicted molar refractivity (Wildman–Crippen MR) is 66.0 cm³/mol. The molecule has 0 fully saturated rings. The maximum absolute atomic E-state index is 12.1. The largest absolute Gasteiger partial charge is 0.435 e. The zero-order valence-electron chi connectivity index (χ0n) is 10.7. The van der Waals surface area contributed by atoms with E-state index in [-0.39, 0.29) is 11.8 Å². The molecular weight excluding hydrogens is 240 g/mol. The first-order chi connectivity index (χ1) is 8.63. The molecule has 0 radical (unpaired) electrons. The molecule has 0 aromatic heterocycles. The number of hydrogen-bond acceptors (Lipinski definition) is 3. The van der Waals surface area contributed by atoms with E-state index in [1.165, 1.54) is 6.07 Å². The van der Waals surface area contributed by atoms with Crippen LogP contribution in [0.5, 0.6) is 5.75 Å². The maximum atomic E-state index is 12.1. The van der Waals surface area contributed by atoms with E-state index in [1.54, 1.807) is 19.2 Å². The summed E-state index contributed by atoms with van der Waals surface area (Å²) < 4.78 is 33.5. The van der Waals surface area contributed by atoms with Gasteiger partial charge in [0.05, 0.1) is 0 Å². The van der Waals surface area contributed by atoms with Crippen LogP contribution in [0.15, 0.2) is 24.3 Å². The average Bonchev–Trinajstić information content (AvgIpc) is 2.34. The van der Waals surface area contributed by atoms with Crippen molar-refractivity contribution in [2.45, 2.75) is 26.0 Å². The average molecular weight is 259 g/mol. The van der Waals surface area contributed by atoms with Crippen LogP contribution < -0.4 is 10.1 Å². The lowest BCUT2D eigenvalue weighted by atomic mass is 10.1. The Balaban J connectivity index is 2.48. The van der Waals surface area contributed by atoms with E-state index in [1.807, 2.05) is 13.0 Å². The molecule has 1 unspecified atom stereocenters. The van der Waals surface area contributed by atoms with Crippen molar-refractivity contribution in [3.63, 3.8) is 0 Å². The molecule has 0 spiro atoms. The van der Waals surface area contributed by atoms with Gasteiger partial charge in [0, 0.05) is 19.8 Å². The SMILES string of the molecule is COCCCNC(C)c1cccc(OC(F)F)c1. The van der Waals surface area contributed by atoms with E-state index in [2.05, 4.69) is 10.1 Å². The van der Waals surface area contributed by atoms with Gasteiger partial charge >= 0.3 is 6.61 Å². The second-order valence-electron chi connectivity index (χ2n) is 3.97. The summed E-state index contributed by atoms with van der Waals surface area (Å²) in [7, 11) is 1.66. The molecule has 0 saturated heterocycles. The zero-order valence-corrected chi connectivity index (χ0v) is 10.7. The number of hydrogen-bond donors (Lipinski definition) is 1. The van der Waals surface area contributed by atoms with Crippen molar-refractivity contribution in [2.75, 3.05) is 20.3 Å². The predicted octanol–water partition coefficient (Wildman–Crippen LogP) is 2.98. The molecule has 3 nitrogen and oxygen atoms in total. The third kappa shape index (κ3) is 5.42. The van der Waals surface area contributed by atoms with Crippen molar-refractivity contribution >= 4 is 0 Å². The van der Waals surface area contributed by atoms with Crippen LogP contribution in [-0.2, 0) is 4.74 Å². The van der Waals surface area contributed by atoms with Gasteiger partial charge in [0.15, 0.2) is 0 Å². The van der Waals surface area contributed by atoms with Gasteiger partial charge in [-0.25, -0.2) is 0 Å². The van der Waals surface area contributed by atoms with Gasteiger partial charge in [0.1, 0.15) is 5.75 Å². The summed E-state index contributed by atoms with van der Waals surface area (Å²) in [6.07, 6.45) is 0.911. The Morgan fingerprint density at radius 3 is 2.78 bits per heavy atom. The van der Waals surface area contributed by atoms with E-state index < -0.39 is 6.61 Å². The lowest BCUT2D eigenvalue weighted by Crippen LogP contribution is -2.20. The van der Waals surface area contributed by atoms with E-state index in [4.69, 9.17) is 4.74 Å². The fraction of sp³-hybridized carbons (Fsp3) is 0.538. The summed E-state index contributed by atoms with van der Waals surface area (Å²) in [5.74, 6) is 0.188. The lowest BCUT2D eigenvalue weighted by molar-refractivity contribution is -0.0499. The number of ether oxygens (including phenoxy) is 2. The highest BCUT2D eigenvalue weighted by Gasteiger charge is 2.08. The minimum atomic E-state index is -2.79. The molecule has 1 N–H and O–H groups in total. The summed E-state index contributed by atoms with van der Waals surface area (Å²) in [6, 6.07) is 6.82. The summed E-state index contributed by atoms with van der Waals surface area (Å²) in [5, 5.41) is 3.29. The van der Waals surface area contributed by atoms with Gasteiger partial charge in [0.25, 0.3) is 0 Å². The molecule has 1 aromatic carbocycles. The molecule has 0 aliphatic heterocycles. The second kappa shape index (κ2) is 8.00. The first-order valence-electron chi connectivity index (χ1n) is 5.90. The smallest absolute Gasteiger partial charge is 0.387 e. The van der Waals surface area contributed by atoms with Crippen LogP contribution >= 0.6 is 0 Å². The van der Waals surface area contributed by atoms with Crippen LogP contribution in [0, 0.1) is 0 Å². The number of benzene rings is 1.